The van der Waals surface area contributed by atoms with Crippen LogP contribution < -0.4 is 4.74 Å². The predicted molar refractivity (Wildman–Crippen MR) is 222 cm³/mol. The van der Waals surface area contributed by atoms with Crippen LogP contribution in [0.25, 0.3) is 72.2 Å². The number of rotatable bonds is 3. The van der Waals surface area contributed by atoms with Gasteiger partial charge in [0.2, 0.25) is 5.95 Å². The van der Waals surface area contributed by atoms with Gasteiger partial charge in [-0.15, -0.1) is 0 Å². The normalized spacial score (nSPS) is 13.4. The predicted octanol–water partition coefficient (Wildman–Crippen LogP) is 12.5. The highest BCUT2D eigenvalue weighted by molar-refractivity contribution is 6.12. The van der Waals surface area contributed by atoms with E-state index in [1.165, 1.54) is 38.8 Å². The summed E-state index contributed by atoms with van der Waals surface area (Å²) in [5.41, 5.74) is 14.0. The Morgan fingerprint density at radius 1 is 0.400 bits per heavy atom. The molecule has 55 heavy (non-hydrogen) atoms. The molecule has 256 valence electrons. The summed E-state index contributed by atoms with van der Waals surface area (Å²) in [6.45, 7) is 0. The van der Waals surface area contributed by atoms with Gasteiger partial charge in [0.25, 0.3) is 0 Å². The van der Waals surface area contributed by atoms with E-state index in [1.807, 2.05) is 0 Å². The van der Waals surface area contributed by atoms with Crippen molar-refractivity contribution in [2.45, 2.75) is 5.41 Å². The van der Waals surface area contributed by atoms with Crippen molar-refractivity contribution in [2.24, 2.45) is 0 Å². The summed E-state index contributed by atoms with van der Waals surface area (Å²) in [5, 5.41) is 3.35. The highest BCUT2D eigenvalue weighted by atomic mass is 16.5. The van der Waals surface area contributed by atoms with E-state index in [1.54, 1.807) is 0 Å². The van der Waals surface area contributed by atoms with Crippen molar-refractivity contribution in [3.63, 3.8) is 0 Å². The Kier molecular flexibility index (Phi) is 6.23. The maximum Gasteiger partial charge on any atom is 0.235 e. The summed E-state index contributed by atoms with van der Waals surface area (Å²) in [7, 11) is 0. The minimum absolute atomic E-state index is 0.581. The molecule has 0 amide bonds. The van der Waals surface area contributed by atoms with Gasteiger partial charge in [0.15, 0.2) is 0 Å². The van der Waals surface area contributed by atoms with E-state index >= 15 is 0 Å². The molecule has 1 aliphatic heterocycles. The third kappa shape index (κ3) is 4.16. The second-order valence-electron chi connectivity index (χ2n) is 14.5. The zero-order valence-corrected chi connectivity index (χ0v) is 29.6. The summed E-state index contributed by atoms with van der Waals surface area (Å²) in [6, 6.07) is 67.0. The van der Waals surface area contributed by atoms with E-state index in [0.717, 1.165) is 61.2 Å². The number of hydrogen-bond acceptors (Lipinski definition) is 3. The molecule has 8 aromatic carbocycles. The number of hydrogen-bond donors (Lipinski definition) is 0. The van der Waals surface area contributed by atoms with Crippen LogP contribution in [0.2, 0.25) is 0 Å². The topological polar surface area (TPSA) is 39.9 Å². The molecule has 4 nitrogen and oxygen atoms in total. The highest BCUT2D eigenvalue weighted by Crippen LogP contribution is 2.62. The summed E-state index contributed by atoms with van der Waals surface area (Å²) < 4.78 is 8.90. The molecule has 0 bridgehead atoms. The maximum atomic E-state index is 6.63. The van der Waals surface area contributed by atoms with E-state index < -0.39 is 5.41 Å². The van der Waals surface area contributed by atoms with E-state index in [9.17, 15) is 0 Å². The fourth-order valence-electron chi connectivity index (χ4n) is 9.36. The van der Waals surface area contributed by atoms with Crippen LogP contribution in [0.4, 0.5) is 0 Å². The van der Waals surface area contributed by atoms with Gasteiger partial charge in [-0.1, -0.05) is 152 Å². The molecule has 0 radical (unpaired) electrons. The van der Waals surface area contributed by atoms with Gasteiger partial charge >= 0.3 is 0 Å². The lowest BCUT2D eigenvalue weighted by Crippen LogP contribution is -2.32. The molecule has 10 aromatic rings. The Morgan fingerprint density at radius 3 is 1.78 bits per heavy atom. The van der Waals surface area contributed by atoms with Crippen molar-refractivity contribution in [3.05, 3.63) is 210 Å². The summed E-state index contributed by atoms with van der Waals surface area (Å²) in [5.74, 6) is 2.40. The van der Waals surface area contributed by atoms with Crippen LogP contribution in [0.15, 0.2) is 188 Å². The molecular weight excluding hydrogens is 671 g/mol. The minimum atomic E-state index is -0.581. The lowest BCUT2D eigenvalue weighted by molar-refractivity contribution is 0.436. The van der Waals surface area contributed by atoms with Gasteiger partial charge in [-0.2, -0.15) is 0 Å². The molecule has 4 heteroatoms. The number of ether oxygens (including phenoxy) is 1. The zero-order chi connectivity index (χ0) is 36.1. The molecule has 0 saturated heterocycles. The third-order valence-electron chi connectivity index (χ3n) is 11.7. The fourth-order valence-corrected chi connectivity index (χ4v) is 9.36. The van der Waals surface area contributed by atoms with E-state index in [4.69, 9.17) is 14.7 Å². The Morgan fingerprint density at radius 2 is 1.00 bits per heavy atom. The highest BCUT2D eigenvalue weighted by Gasteiger charge is 2.51. The van der Waals surface area contributed by atoms with Gasteiger partial charge in [0.05, 0.1) is 27.7 Å². The lowest BCUT2D eigenvalue weighted by Gasteiger charge is -2.39. The smallest absolute Gasteiger partial charge is 0.235 e. The molecule has 0 N–H and O–H groups in total. The first-order valence-corrected chi connectivity index (χ1v) is 18.7. The molecule has 0 unspecified atom stereocenters. The summed E-state index contributed by atoms with van der Waals surface area (Å²) >= 11 is 0. The van der Waals surface area contributed by atoms with Gasteiger partial charge < -0.3 is 4.74 Å². The summed E-state index contributed by atoms with van der Waals surface area (Å²) in [4.78, 5) is 10.8. The Bertz CT molecular complexity index is 3130. The molecule has 12 rings (SSSR count). The molecule has 0 fully saturated rings. The second kappa shape index (κ2) is 11.3. The van der Waals surface area contributed by atoms with Crippen molar-refractivity contribution >= 4 is 32.7 Å². The first-order valence-electron chi connectivity index (χ1n) is 18.7. The quantitative estimate of drug-likeness (QED) is 0.184. The van der Waals surface area contributed by atoms with Crippen LogP contribution in [0, 0.1) is 0 Å². The Hall–Kier alpha value is -7.30. The maximum absolute atomic E-state index is 6.63. The van der Waals surface area contributed by atoms with Crippen molar-refractivity contribution in [3.8, 4) is 51.0 Å². The average Bonchev–Trinajstić information content (AvgIpc) is 3.73. The lowest BCUT2D eigenvalue weighted by atomic mass is 9.66. The van der Waals surface area contributed by atoms with Crippen molar-refractivity contribution in [2.75, 3.05) is 0 Å². The number of aromatic nitrogens is 3. The van der Waals surface area contributed by atoms with Crippen LogP contribution in [0.3, 0.4) is 0 Å². The first kappa shape index (κ1) is 30.2. The van der Waals surface area contributed by atoms with Gasteiger partial charge in [-0.3, -0.25) is 4.57 Å². The standard InChI is InChI=1S/C51H31N3O/c1-2-14-32(15-3-1)33-26-28-34(29-27-33)49-37-18-5-10-22-44(37)52-50(53-49)54-45-23-11-6-17-36(45)39-30-38-35-16-4-7-19-40(35)51(43(38)31-46(39)54)41-20-8-12-24-47(41)55-48-25-13-9-21-42(48)51/h1-31H. The molecule has 2 aliphatic rings. The molecule has 2 aromatic heterocycles. The third-order valence-corrected chi connectivity index (χ3v) is 11.7. The van der Waals surface area contributed by atoms with E-state index in [0.29, 0.717) is 5.95 Å². The number of benzene rings is 8. The van der Waals surface area contributed by atoms with Gasteiger partial charge in [-0.25, -0.2) is 9.97 Å². The number of nitrogens with zero attached hydrogens (tertiary/aromatic N) is 3. The van der Waals surface area contributed by atoms with E-state index in [2.05, 4.69) is 193 Å². The molecule has 3 heterocycles. The van der Waals surface area contributed by atoms with Crippen molar-refractivity contribution in [1.82, 2.24) is 14.5 Å². The van der Waals surface area contributed by atoms with Crippen LogP contribution in [0.1, 0.15) is 22.3 Å². The summed E-state index contributed by atoms with van der Waals surface area (Å²) in [6.07, 6.45) is 0. The molecule has 1 aliphatic carbocycles. The van der Waals surface area contributed by atoms with Crippen LogP contribution in [-0.4, -0.2) is 14.5 Å². The second-order valence-corrected chi connectivity index (χ2v) is 14.5. The monoisotopic (exact) mass is 701 g/mol. The molecule has 0 saturated carbocycles. The van der Waals surface area contributed by atoms with Crippen LogP contribution in [0.5, 0.6) is 11.5 Å². The molecule has 0 atom stereocenters. The first-order chi connectivity index (χ1) is 27.3. The van der Waals surface area contributed by atoms with Crippen LogP contribution in [-0.2, 0) is 5.41 Å². The molecule has 1 spiro atoms. The van der Waals surface area contributed by atoms with Crippen LogP contribution >= 0.6 is 0 Å². The van der Waals surface area contributed by atoms with Gasteiger partial charge in [0, 0.05) is 32.8 Å². The Balaban J connectivity index is 1.16. The van der Waals surface area contributed by atoms with Gasteiger partial charge in [0.1, 0.15) is 11.5 Å². The van der Waals surface area contributed by atoms with Gasteiger partial charge in [-0.05, 0) is 69.8 Å². The molecular formula is C51H31N3O. The number of para-hydroxylation sites is 4. The average molecular weight is 702 g/mol. The Labute approximate surface area is 317 Å². The minimum Gasteiger partial charge on any atom is -0.457 e. The fraction of sp³-hybridized carbons (Fsp3) is 0.0196. The largest absolute Gasteiger partial charge is 0.457 e. The number of fused-ring (bicyclic) bond motifs is 13. The zero-order valence-electron chi connectivity index (χ0n) is 29.6. The van der Waals surface area contributed by atoms with Crippen molar-refractivity contribution < 1.29 is 4.74 Å². The SMILES string of the molecule is c1ccc(-c2ccc(-c3nc(-n4c5ccccc5c5cc6c(cc54)C4(c5ccccc5Oc5ccccc54)c4ccccc4-6)nc4ccccc34)cc2)cc1. The van der Waals surface area contributed by atoms with E-state index in [-0.39, 0.29) is 0 Å². The van der Waals surface area contributed by atoms with Crippen molar-refractivity contribution in [1.29, 1.82) is 0 Å².